The molecule has 3 aliphatic rings. The first-order valence-electron chi connectivity index (χ1n) is 24.9. The van der Waals surface area contributed by atoms with Gasteiger partial charge in [0, 0.05) is 30.7 Å². The number of imidazole rings is 2. The minimum atomic E-state index is -0.516. The second-order valence-corrected chi connectivity index (χ2v) is 22.5. The van der Waals surface area contributed by atoms with Crippen molar-refractivity contribution in [3.8, 4) is 33.6 Å². The van der Waals surface area contributed by atoms with Crippen LogP contribution in [0.3, 0.4) is 0 Å². The minimum absolute atomic E-state index is 0.0797. The number of halogens is 1. The number of hydrogen-bond donors (Lipinski definition) is 4. The highest BCUT2D eigenvalue weighted by Gasteiger charge is 2.51. The fraction of sp³-hybridized carbons (Fsp3) is 0.429. The Kier molecular flexibility index (Phi) is 16.9. The van der Waals surface area contributed by atoms with E-state index in [1.54, 1.807) is 9.80 Å². The summed E-state index contributed by atoms with van der Waals surface area (Å²) in [6.45, 7) is 22.1. The number of aromatic nitrogens is 4. The maximum Gasteiger partial charge on any atom is 0.494 e. The lowest BCUT2D eigenvalue weighted by Crippen LogP contribution is -2.41. The van der Waals surface area contributed by atoms with E-state index in [0.717, 1.165) is 86.5 Å². The lowest BCUT2D eigenvalue weighted by Gasteiger charge is -2.32. The maximum atomic E-state index is 12.6. The molecule has 5 heterocycles. The third-order valence-electron chi connectivity index (χ3n) is 13.2. The van der Waals surface area contributed by atoms with Crippen LogP contribution < -0.4 is 16.9 Å². The molecule has 14 nitrogen and oxygen atoms in total. The van der Waals surface area contributed by atoms with Gasteiger partial charge < -0.3 is 40.2 Å². The Morgan fingerprint density at radius 3 is 1.38 bits per heavy atom. The van der Waals surface area contributed by atoms with E-state index in [0.29, 0.717) is 26.2 Å². The second-order valence-electron chi connectivity index (χ2n) is 21.5. The molecule has 0 aliphatic carbocycles. The predicted octanol–water partition coefficient (Wildman–Crippen LogP) is 11.6. The number of carbonyl (C=O) groups excluding carboxylic acids is 2. The van der Waals surface area contributed by atoms with E-state index in [9.17, 15) is 9.59 Å². The first kappa shape index (κ1) is 54.0. The standard InChI is InChI=1S/C25H30N4O2.C24H34BN3O4.C7H8BrN/c1-25(2,3)31-24(30)29-14-4-5-22(29)23-27-16-21(28-23)20-12-10-19(11-13-20)18-8-6-17(15-26)7-9-18;1-22(2,3)30-21(29)28-14-8-9-19(28)20-26-15-18(27-20)16-10-12-17(13-11-16)25-31-23(4,5)24(6,7)32-25;8-7-3-1-6(5-9)2-4-7/h6-13,16,22H,4-5,14-15,26H2,1-3H3,(H,27,28);10-13,15,19H,8-9,14H2,1-7H3,(H,26,27);1-4H,5,9H2/t22-;19-;/m00./s1. The van der Waals surface area contributed by atoms with E-state index in [4.69, 9.17) is 30.2 Å². The summed E-state index contributed by atoms with van der Waals surface area (Å²) in [5, 5.41) is 0. The number of H-pyrrole nitrogens is 2. The van der Waals surface area contributed by atoms with Gasteiger partial charge in [0.15, 0.2) is 0 Å². The Morgan fingerprint density at radius 2 is 0.986 bits per heavy atom. The molecule has 3 fully saturated rings. The van der Waals surface area contributed by atoms with Crippen molar-refractivity contribution in [3.63, 3.8) is 0 Å². The molecule has 6 aromatic rings. The number of ether oxygens (including phenoxy) is 2. The first-order chi connectivity index (χ1) is 34.0. The zero-order valence-corrected chi connectivity index (χ0v) is 45.1. The summed E-state index contributed by atoms with van der Waals surface area (Å²) in [5.74, 6) is 1.60. The van der Waals surface area contributed by atoms with Gasteiger partial charge in [-0.2, -0.15) is 0 Å². The van der Waals surface area contributed by atoms with Crippen molar-refractivity contribution < 1.29 is 28.4 Å². The maximum absolute atomic E-state index is 12.6. The van der Waals surface area contributed by atoms with Gasteiger partial charge in [0.1, 0.15) is 22.9 Å². The Hall–Kier alpha value is -5.78. The molecule has 9 rings (SSSR count). The highest BCUT2D eigenvalue weighted by molar-refractivity contribution is 9.10. The van der Waals surface area contributed by atoms with Crippen LogP contribution in [0.5, 0.6) is 0 Å². The lowest BCUT2D eigenvalue weighted by molar-refractivity contribution is 0.00578. The monoisotopic (exact) mass is 1040 g/mol. The molecular formula is C56H72BBrN8O6. The zero-order valence-electron chi connectivity index (χ0n) is 43.6. The summed E-state index contributed by atoms with van der Waals surface area (Å²) in [7, 11) is -0.382. The van der Waals surface area contributed by atoms with Crippen LogP contribution in [-0.4, -0.2) is 84.5 Å². The molecule has 3 aliphatic heterocycles. The van der Waals surface area contributed by atoms with Gasteiger partial charge in [0.05, 0.1) is 47.1 Å². The average molecular weight is 1040 g/mol. The smallest absolute Gasteiger partial charge is 0.444 e. The molecule has 0 spiro atoms. The van der Waals surface area contributed by atoms with Crippen LogP contribution in [0.25, 0.3) is 33.6 Å². The van der Waals surface area contributed by atoms with Crippen molar-refractivity contribution in [3.05, 3.63) is 137 Å². The van der Waals surface area contributed by atoms with Crippen molar-refractivity contribution in [2.24, 2.45) is 11.5 Å². The number of hydrogen-bond acceptors (Lipinski definition) is 10. The summed E-state index contributed by atoms with van der Waals surface area (Å²) < 4.78 is 24.5. The number of nitrogens with two attached hydrogens (primary N) is 2. The molecule has 4 aromatic carbocycles. The molecular weight excluding hydrogens is 971 g/mol. The summed E-state index contributed by atoms with van der Waals surface area (Å²) in [6.07, 6.45) is 6.72. The number of nitrogens with zero attached hydrogens (tertiary/aromatic N) is 4. The van der Waals surface area contributed by atoms with Gasteiger partial charge in [-0.05, 0) is 146 Å². The average Bonchev–Trinajstić information content (AvgIpc) is 4.20. The molecule has 2 amide bonds. The summed E-state index contributed by atoms with van der Waals surface area (Å²) in [5.41, 5.74) is 18.8. The third kappa shape index (κ3) is 13.6. The Balaban J connectivity index is 0.000000180. The molecule has 3 saturated heterocycles. The van der Waals surface area contributed by atoms with Crippen molar-refractivity contribution in [1.29, 1.82) is 0 Å². The fourth-order valence-electron chi connectivity index (χ4n) is 8.58. The Labute approximate surface area is 434 Å². The molecule has 2 atom stereocenters. The van der Waals surface area contributed by atoms with Gasteiger partial charge in [-0.25, -0.2) is 19.6 Å². The van der Waals surface area contributed by atoms with Gasteiger partial charge >= 0.3 is 19.3 Å². The molecule has 16 heteroatoms. The van der Waals surface area contributed by atoms with Gasteiger partial charge in [0.25, 0.3) is 0 Å². The van der Waals surface area contributed by atoms with E-state index in [-0.39, 0.29) is 42.6 Å². The van der Waals surface area contributed by atoms with Crippen LogP contribution in [0, 0.1) is 0 Å². The molecule has 2 aromatic heterocycles. The topological polar surface area (TPSA) is 187 Å². The Bertz CT molecular complexity index is 2710. The van der Waals surface area contributed by atoms with Crippen LogP contribution in [0.15, 0.2) is 114 Å². The summed E-state index contributed by atoms with van der Waals surface area (Å²) >= 11 is 3.33. The van der Waals surface area contributed by atoms with Crippen LogP contribution in [0.4, 0.5) is 9.59 Å². The molecule has 0 radical (unpaired) electrons. The highest BCUT2D eigenvalue weighted by atomic mass is 79.9. The number of benzene rings is 4. The lowest BCUT2D eigenvalue weighted by atomic mass is 9.79. The van der Waals surface area contributed by atoms with Crippen molar-refractivity contribution in [2.75, 3.05) is 13.1 Å². The van der Waals surface area contributed by atoms with Crippen LogP contribution in [0.2, 0.25) is 0 Å². The van der Waals surface area contributed by atoms with Gasteiger partial charge in [-0.1, -0.05) is 101 Å². The summed E-state index contributed by atoms with van der Waals surface area (Å²) in [4.78, 5) is 44.8. The van der Waals surface area contributed by atoms with Crippen molar-refractivity contribution >= 4 is 40.7 Å². The van der Waals surface area contributed by atoms with Crippen LogP contribution in [-0.2, 0) is 31.9 Å². The molecule has 6 N–H and O–H groups in total. The van der Waals surface area contributed by atoms with E-state index < -0.39 is 11.2 Å². The van der Waals surface area contributed by atoms with Crippen molar-refractivity contribution in [2.45, 2.75) is 142 Å². The molecule has 0 saturated carbocycles. The minimum Gasteiger partial charge on any atom is -0.444 e. The number of carbonyl (C=O) groups is 2. The number of aromatic amines is 2. The number of rotatable bonds is 8. The van der Waals surface area contributed by atoms with Crippen LogP contribution >= 0.6 is 15.9 Å². The van der Waals surface area contributed by atoms with Crippen LogP contribution in [0.1, 0.15) is 130 Å². The molecule has 0 unspecified atom stereocenters. The van der Waals surface area contributed by atoms with Gasteiger partial charge in [-0.15, -0.1) is 0 Å². The third-order valence-corrected chi connectivity index (χ3v) is 13.7. The Morgan fingerprint density at radius 1 is 0.625 bits per heavy atom. The fourth-order valence-corrected chi connectivity index (χ4v) is 8.84. The quantitative estimate of drug-likeness (QED) is 0.107. The SMILES string of the molecule is CC(C)(C)OC(=O)N1CCC[C@H]1c1ncc(-c2ccc(-c3ccc(CN)cc3)cc2)[nH]1.CC(C)(C)OC(=O)N1CCC[C@H]1c1ncc(-c2ccc(B3OC(C)(C)C(C)(C)O3)cc2)[nH]1.NCc1ccc(Br)cc1. The number of likely N-dealkylation sites (tertiary alicyclic amines) is 2. The van der Waals surface area contributed by atoms with Gasteiger partial charge in [0.2, 0.25) is 0 Å². The summed E-state index contributed by atoms with van der Waals surface area (Å²) in [6, 6.07) is 32.6. The first-order valence-corrected chi connectivity index (χ1v) is 25.7. The zero-order chi connectivity index (χ0) is 52.0. The predicted molar refractivity (Wildman–Crippen MR) is 289 cm³/mol. The van der Waals surface area contributed by atoms with E-state index in [2.05, 4.69) is 112 Å². The van der Waals surface area contributed by atoms with E-state index >= 15 is 0 Å². The molecule has 382 valence electrons. The molecule has 0 bridgehead atoms. The number of nitrogens with one attached hydrogen (secondary N) is 2. The largest absolute Gasteiger partial charge is 0.494 e. The second kappa shape index (κ2) is 22.6. The van der Waals surface area contributed by atoms with E-state index in [1.165, 1.54) is 5.56 Å². The normalized spacial score (nSPS) is 18.3. The van der Waals surface area contributed by atoms with Crippen molar-refractivity contribution in [1.82, 2.24) is 29.7 Å². The molecule has 72 heavy (non-hydrogen) atoms. The number of amides is 2. The van der Waals surface area contributed by atoms with E-state index in [1.807, 2.05) is 102 Å². The van der Waals surface area contributed by atoms with Gasteiger partial charge in [-0.3, -0.25) is 9.80 Å². The highest BCUT2D eigenvalue weighted by Crippen LogP contribution is 2.38.